The van der Waals surface area contributed by atoms with Gasteiger partial charge in [-0.25, -0.2) is 0 Å². The van der Waals surface area contributed by atoms with Gasteiger partial charge in [-0.15, -0.1) is 0 Å². The van der Waals surface area contributed by atoms with Crippen molar-refractivity contribution in [3.05, 3.63) is 0 Å². The first-order valence-electron chi connectivity index (χ1n) is 15.0. The Labute approximate surface area is 212 Å². The SMILES string of the molecule is CCCCCCCC(=O)O.CCCCCCCCCCCCCCCCCCCCCC(=O)O. The van der Waals surface area contributed by atoms with Crippen molar-refractivity contribution >= 4 is 11.9 Å². The Morgan fingerprint density at radius 1 is 0.353 bits per heavy atom. The van der Waals surface area contributed by atoms with Gasteiger partial charge in [0.2, 0.25) is 0 Å². The van der Waals surface area contributed by atoms with Gasteiger partial charge in [-0.2, -0.15) is 0 Å². The number of aliphatic carboxylic acids is 2. The van der Waals surface area contributed by atoms with Crippen LogP contribution in [0.15, 0.2) is 0 Å². The number of hydrogen-bond donors (Lipinski definition) is 2. The highest BCUT2D eigenvalue weighted by molar-refractivity contribution is 5.66. The molecule has 0 aliphatic heterocycles. The highest BCUT2D eigenvalue weighted by atomic mass is 16.4. The van der Waals surface area contributed by atoms with Crippen LogP contribution in [0.25, 0.3) is 0 Å². The topological polar surface area (TPSA) is 74.6 Å². The lowest BCUT2D eigenvalue weighted by molar-refractivity contribution is -0.138. The van der Waals surface area contributed by atoms with Crippen molar-refractivity contribution in [3.8, 4) is 0 Å². The lowest BCUT2D eigenvalue weighted by Gasteiger charge is -2.03. The molecule has 0 aliphatic carbocycles. The molecule has 0 aromatic heterocycles. The maximum atomic E-state index is 10.4. The molecular formula is C30H60O4. The van der Waals surface area contributed by atoms with Crippen LogP contribution in [0.2, 0.25) is 0 Å². The van der Waals surface area contributed by atoms with Crippen LogP contribution in [-0.4, -0.2) is 22.2 Å². The van der Waals surface area contributed by atoms with Gasteiger partial charge in [0.25, 0.3) is 0 Å². The molecular weight excluding hydrogens is 424 g/mol. The fourth-order valence-electron chi connectivity index (χ4n) is 4.23. The Kier molecular flexibility index (Phi) is 33.0. The molecule has 0 saturated carbocycles. The second kappa shape index (κ2) is 31.9. The van der Waals surface area contributed by atoms with Gasteiger partial charge in [0, 0.05) is 12.8 Å². The van der Waals surface area contributed by atoms with Crippen LogP contribution < -0.4 is 0 Å². The lowest BCUT2D eigenvalue weighted by Crippen LogP contribution is -1.93. The monoisotopic (exact) mass is 484 g/mol. The van der Waals surface area contributed by atoms with Crippen LogP contribution in [0.4, 0.5) is 0 Å². The van der Waals surface area contributed by atoms with Gasteiger partial charge in [-0.05, 0) is 12.8 Å². The van der Waals surface area contributed by atoms with Crippen LogP contribution in [0.1, 0.15) is 181 Å². The van der Waals surface area contributed by atoms with Gasteiger partial charge >= 0.3 is 11.9 Å². The van der Waals surface area contributed by atoms with Crippen molar-refractivity contribution in [3.63, 3.8) is 0 Å². The molecule has 2 N–H and O–H groups in total. The standard InChI is InChI=1S/C22H44O2.C8H16O2/c1-2-3-4-5-6-7-8-9-10-11-12-13-14-15-16-17-18-19-20-21-22(23)24;1-2-3-4-5-6-7-8(9)10/h2-21H2,1H3,(H,23,24);2-7H2,1H3,(H,9,10). The smallest absolute Gasteiger partial charge is 0.303 e. The summed E-state index contributed by atoms with van der Waals surface area (Å²) >= 11 is 0. The number of unbranched alkanes of at least 4 members (excludes halogenated alkanes) is 22. The van der Waals surface area contributed by atoms with Crippen molar-refractivity contribution in [2.24, 2.45) is 0 Å². The van der Waals surface area contributed by atoms with E-state index in [1.807, 2.05) is 0 Å². The third-order valence-electron chi connectivity index (χ3n) is 6.49. The van der Waals surface area contributed by atoms with Crippen molar-refractivity contribution in [2.75, 3.05) is 0 Å². The molecule has 0 saturated heterocycles. The Balaban J connectivity index is 0. The molecule has 0 fully saturated rings. The zero-order valence-corrected chi connectivity index (χ0v) is 23.1. The lowest BCUT2D eigenvalue weighted by atomic mass is 10.0. The molecule has 0 heterocycles. The number of carboxylic acid groups (broad SMARTS) is 2. The Morgan fingerprint density at radius 3 is 0.706 bits per heavy atom. The molecule has 0 aromatic carbocycles. The average molecular weight is 485 g/mol. The van der Waals surface area contributed by atoms with Crippen LogP contribution in [0, 0.1) is 0 Å². The molecule has 0 atom stereocenters. The Morgan fingerprint density at radius 2 is 0.529 bits per heavy atom. The van der Waals surface area contributed by atoms with Crippen molar-refractivity contribution < 1.29 is 19.8 Å². The summed E-state index contributed by atoms with van der Waals surface area (Å²) in [7, 11) is 0. The van der Waals surface area contributed by atoms with Gasteiger partial charge < -0.3 is 10.2 Å². The zero-order chi connectivity index (χ0) is 25.5. The van der Waals surface area contributed by atoms with E-state index in [2.05, 4.69) is 13.8 Å². The van der Waals surface area contributed by atoms with Crippen molar-refractivity contribution in [1.82, 2.24) is 0 Å². The number of carboxylic acids is 2. The fraction of sp³-hybridized carbons (Fsp3) is 0.933. The molecule has 0 spiro atoms. The molecule has 0 radical (unpaired) electrons. The van der Waals surface area contributed by atoms with E-state index in [1.165, 1.54) is 128 Å². The molecule has 0 amide bonds. The maximum absolute atomic E-state index is 10.4. The predicted molar refractivity (Wildman–Crippen MR) is 147 cm³/mol. The Hall–Kier alpha value is -1.06. The average Bonchev–Trinajstić information content (AvgIpc) is 2.80. The maximum Gasteiger partial charge on any atom is 0.303 e. The highest BCUT2D eigenvalue weighted by Gasteiger charge is 1.97. The summed E-state index contributed by atoms with van der Waals surface area (Å²) in [5, 5.41) is 16.8. The zero-order valence-electron chi connectivity index (χ0n) is 23.1. The minimum atomic E-state index is -0.670. The largest absolute Gasteiger partial charge is 0.481 e. The van der Waals surface area contributed by atoms with E-state index in [4.69, 9.17) is 10.2 Å². The first-order valence-corrected chi connectivity index (χ1v) is 15.0. The molecule has 0 aromatic rings. The fourth-order valence-corrected chi connectivity index (χ4v) is 4.23. The molecule has 34 heavy (non-hydrogen) atoms. The summed E-state index contributed by atoms with van der Waals surface area (Å²) in [4.78, 5) is 20.4. The molecule has 0 unspecified atom stereocenters. The summed E-state index contributed by atoms with van der Waals surface area (Å²) in [6.07, 6.45) is 32.0. The second-order valence-corrected chi connectivity index (χ2v) is 10.1. The first-order chi connectivity index (χ1) is 16.5. The molecule has 0 bridgehead atoms. The normalized spacial score (nSPS) is 10.6. The quantitative estimate of drug-likeness (QED) is 0.120. The summed E-state index contributed by atoms with van der Waals surface area (Å²) in [5.41, 5.74) is 0. The van der Waals surface area contributed by atoms with E-state index in [0.29, 0.717) is 12.8 Å². The van der Waals surface area contributed by atoms with Crippen LogP contribution >= 0.6 is 0 Å². The molecule has 4 nitrogen and oxygen atoms in total. The minimum absolute atomic E-state index is 0.337. The van der Waals surface area contributed by atoms with E-state index in [9.17, 15) is 9.59 Å². The highest BCUT2D eigenvalue weighted by Crippen LogP contribution is 2.14. The van der Waals surface area contributed by atoms with Crippen molar-refractivity contribution in [1.29, 1.82) is 0 Å². The number of hydrogen-bond acceptors (Lipinski definition) is 2. The van der Waals surface area contributed by atoms with Crippen LogP contribution in [0.5, 0.6) is 0 Å². The summed E-state index contributed by atoms with van der Waals surface area (Å²) in [6.45, 7) is 4.43. The third kappa shape index (κ3) is 38.2. The predicted octanol–water partition coefficient (Wildman–Crippen LogP) is 10.3. The third-order valence-corrected chi connectivity index (χ3v) is 6.49. The van der Waals surface area contributed by atoms with Crippen molar-refractivity contribution in [2.45, 2.75) is 181 Å². The van der Waals surface area contributed by atoms with Gasteiger partial charge in [0.05, 0.1) is 0 Å². The van der Waals surface area contributed by atoms with E-state index >= 15 is 0 Å². The van der Waals surface area contributed by atoms with Gasteiger partial charge in [-0.1, -0.05) is 155 Å². The van der Waals surface area contributed by atoms with Gasteiger partial charge in [0.15, 0.2) is 0 Å². The van der Waals surface area contributed by atoms with Crippen LogP contribution in [-0.2, 0) is 9.59 Å². The second-order valence-electron chi connectivity index (χ2n) is 10.1. The number of carbonyl (C=O) groups is 2. The molecule has 0 rings (SSSR count). The molecule has 0 aliphatic rings. The van der Waals surface area contributed by atoms with E-state index in [-0.39, 0.29) is 0 Å². The summed E-state index contributed by atoms with van der Waals surface area (Å²) in [5.74, 6) is -1.32. The molecule has 4 heteroatoms. The number of rotatable bonds is 26. The van der Waals surface area contributed by atoms with Gasteiger partial charge in [-0.3, -0.25) is 9.59 Å². The molecule has 204 valence electrons. The Bertz CT molecular complexity index is 409. The first kappa shape index (κ1) is 35.1. The summed E-state index contributed by atoms with van der Waals surface area (Å²) in [6, 6.07) is 0. The summed E-state index contributed by atoms with van der Waals surface area (Å²) < 4.78 is 0. The van der Waals surface area contributed by atoms with E-state index in [0.717, 1.165) is 25.7 Å². The van der Waals surface area contributed by atoms with E-state index in [1.54, 1.807) is 0 Å². The minimum Gasteiger partial charge on any atom is -0.481 e. The van der Waals surface area contributed by atoms with Crippen LogP contribution in [0.3, 0.4) is 0 Å². The van der Waals surface area contributed by atoms with Gasteiger partial charge in [0.1, 0.15) is 0 Å². The van der Waals surface area contributed by atoms with E-state index < -0.39 is 11.9 Å².